The van der Waals surface area contributed by atoms with Gasteiger partial charge in [-0.15, -0.1) is 0 Å². The molecule has 0 bridgehead atoms. The van der Waals surface area contributed by atoms with Crippen molar-refractivity contribution in [2.45, 2.75) is 33.4 Å². The van der Waals surface area contributed by atoms with Crippen LogP contribution in [0.1, 0.15) is 29.4 Å². The molecule has 0 unspecified atom stereocenters. The van der Waals surface area contributed by atoms with E-state index in [1.807, 2.05) is 0 Å². The van der Waals surface area contributed by atoms with Gasteiger partial charge in [0.25, 0.3) is 0 Å². The van der Waals surface area contributed by atoms with Crippen LogP contribution in [0, 0.1) is 13.8 Å². The van der Waals surface area contributed by atoms with E-state index in [-0.39, 0.29) is 24.7 Å². The fraction of sp³-hybridized carbons (Fsp3) is 0.462. The summed E-state index contributed by atoms with van der Waals surface area (Å²) in [6, 6.07) is 0. The summed E-state index contributed by atoms with van der Waals surface area (Å²) in [5.41, 5.74) is 1.38. The molecule has 0 saturated carbocycles. The van der Waals surface area contributed by atoms with Crippen molar-refractivity contribution in [3.63, 3.8) is 0 Å². The molecule has 2 aromatic heterocycles. The van der Waals surface area contributed by atoms with Gasteiger partial charge in [0.1, 0.15) is 11.6 Å². The second kappa shape index (κ2) is 6.02. The predicted octanol–water partition coefficient (Wildman–Crippen LogP) is 2.08. The zero-order valence-corrected chi connectivity index (χ0v) is 12.0. The number of imidazole rings is 1. The Morgan fingerprint density at radius 1 is 1.48 bits per heavy atom. The number of halogens is 2. The van der Waals surface area contributed by atoms with Crippen LogP contribution in [0.25, 0.3) is 0 Å². The van der Waals surface area contributed by atoms with Crippen LogP contribution < -0.4 is 0 Å². The highest BCUT2D eigenvalue weighted by Crippen LogP contribution is 2.16. The number of hydrogen-bond donors (Lipinski definition) is 0. The van der Waals surface area contributed by atoms with Gasteiger partial charge in [0.05, 0.1) is 18.7 Å². The minimum atomic E-state index is -2.67. The Bertz CT molecular complexity index is 616. The summed E-state index contributed by atoms with van der Waals surface area (Å²) in [5, 5.41) is 3.78. The maximum atomic E-state index is 12.7. The van der Waals surface area contributed by atoms with Gasteiger partial charge in [0.2, 0.25) is 5.91 Å². The molecule has 0 fully saturated rings. The maximum Gasteiger partial charge on any atom is 0.319 e. The van der Waals surface area contributed by atoms with Gasteiger partial charge in [0, 0.05) is 25.0 Å². The number of hydrogen-bond acceptors (Lipinski definition) is 4. The van der Waals surface area contributed by atoms with Gasteiger partial charge in [-0.05, 0) is 13.8 Å². The van der Waals surface area contributed by atoms with Crippen LogP contribution in [0.2, 0.25) is 0 Å². The lowest BCUT2D eigenvalue weighted by Gasteiger charge is -2.17. The third-order valence-corrected chi connectivity index (χ3v) is 3.27. The van der Waals surface area contributed by atoms with Crippen molar-refractivity contribution in [3.05, 3.63) is 35.2 Å². The second-order valence-electron chi connectivity index (χ2n) is 4.76. The summed E-state index contributed by atoms with van der Waals surface area (Å²) in [6.07, 6.45) is 2.59. The maximum absolute atomic E-state index is 12.7. The van der Waals surface area contributed by atoms with Crippen molar-refractivity contribution in [1.29, 1.82) is 0 Å². The zero-order chi connectivity index (χ0) is 15.6. The van der Waals surface area contributed by atoms with Gasteiger partial charge in [-0.2, -0.15) is 8.78 Å². The van der Waals surface area contributed by atoms with Crippen LogP contribution in [0.3, 0.4) is 0 Å². The van der Waals surface area contributed by atoms with Crippen LogP contribution in [-0.2, 0) is 17.8 Å². The van der Waals surface area contributed by atoms with Gasteiger partial charge in [-0.3, -0.25) is 9.36 Å². The Balaban J connectivity index is 2.05. The van der Waals surface area contributed by atoms with Crippen LogP contribution in [0.5, 0.6) is 0 Å². The molecule has 0 aliphatic carbocycles. The van der Waals surface area contributed by atoms with Crippen molar-refractivity contribution in [1.82, 2.24) is 19.6 Å². The van der Waals surface area contributed by atoms with E-state index in [9.17, 15) is 13.6 Å². The highest BCUT2D eigenvalue weighted by Gasteiger charge is 2.19. The average Bonchev–Trinajstić information content (AvgIpc) is 3.00. The Morgan fingerprint density at radius 3 is 2.76 bits per heavy atom. The summed E-state index contributed by atoms with van der Waals surface area (Å²) in [5.74, 6) is 0.510. The molecule has 8 heteroatoms. The lowest BCUT2D eigenvalue weighted by Crippen LogP contribution is -2.29. The van der Waals surface area contributed by atoms with Crippen molar-refractivity contribution in [3.8, 4) is 0 Å². The van der Waals surface area contributed by atoms with E-state index in [1.165, 1.54) is 17.3 Å². The van der Waals surface area contributed by atoms with E-state index in [0.717, 1.165) is 10.1 Å². The Hall–Kier alpha value is -2.25. The number of alkyl halides is 2. The highest BCUT2D eigenvalue weighted by atomic mass is 19.3. The van der Waals surface area contributed by atoms with Gasteiger partial charge >= 0.3 is 6.55 Å². The molecular weight excluding hydrogens is 282 g/mol. The van der Waals surface area contributed by atoms with Crippen LogP contribution >= 0.6 is 0 Å². The van der Waals surface area contributed by atoms with Crippen molar-refractivity contribution in [2.24, 2.45) is 0 Å². The van der Waals surface area contributed by atoms with E-state index in [2.05, 4.69) is 10.1 Å². The average molecular weight is 298 g/mol. The van der Waals surface area contributed by atoms with Crippen LogP contribution in [-0.4, -0.2) is 32.6 Å². The molecule has 2 heterocycles. The number of amides is 1. The normalized spacial score (nSPS) is 11.1. The molecule has 1 amide bonds. The highest BCUT2D eigenvalue weighted by molar-refractivity contribution is 5.78. The van der Waals surface area contributed by atoms with E-state index in [4.69, 9.17) is 4.52 Å². The quantitative estimate of drug-likeness (QED) is 0.848. The molecule has 0 aliphatic heterocycles. The molecular formula is C13H16F2N4O2. The largest absolute Gasteiger partial charge is 0.361 e. The van der Waals surface area contributed by atoms with Gasteiger partial charge < -0.3 is 9.42 Å². The number of aryl methyl sites for hydroxylation is 2. The van der Waals surface area contributed by atoms with Crippen molar-refractivity contribution in [2.75, 3.05) is 7.05 Å². The molecule has 2 rings (SSSR count). The lowest BCUT2D eigenvalue weighted by molar-refractivity contribution is -0.129. The Morgan fingerprint density at radius 2 is 2.19 bits per heavy atom. The summed E-state index contributed by atoms with van der Waals surface area (Å²) < 4.78 is 31.2. The summed E-state index contributed by atoms with van der Waals surface area (Å²) in [6.45, 7) is 0.822. The van der Waals surface area contributed by atoms with Crippen molar-refractivity contribution >= 4 is 5.91 Å². The number of carbonyl (C=O) groups excluding carboxylic acids is 1. The first-order valence-electron chi connectivity index (χ1n) is 6.35. The molecule has 2 aromatic rings. The summed E-state index contributed by atoms with van der Waals surface area (Å²) in [7, 11) is 1.55. The predicted molar refractivity (Wildman–Crippen MR) is 69.6 cm³/mol. The number of aromatic nitrogens is 3. The molecule has 6 nitrogen and oxygen atoms in total. The minimum absolute atomic E-state index is 0.0134. The van der Waals surface area contributed by atoms with Crippen LogP contribution in [0.4, 0.5) is 8.78 Å². The molecule has 21 heavy (non-hydrogen) atoms. The summed E-state index contributed by atoms with van der Waals surface area (Å²) >= 11 is 0. The van der Waals surface area contributed by atoms with Gasteiger partial charge in [0.15, 0.2) is 0 Å². The van der Waals surface area contributed by atoms with E-state index < -0.39 is 6.55 Å². The molecule has 0 aliphatic rings. The molecule has 0 atom stereocenters. The first-order valence-corrected chi connectivity index (χ1v) is 6.35. The number of likely N-dealkylation sites (N-methyl/N-ethyl adjacent to an activating group) is 1. The molecule has 0 saturated heterocycles. The molecule has 114 valence electrons. The third-order valence-electron chi connectivity index (χ3n) is 3.27. The monoisotopic (exact) mass is 298 g/mol. The SMILES string of the molecule is Cc1noc(C)c1CC(=O)N(C)Cc1nccn1C(F)F. The molecule has 0 radical (unpaired) electrons. The van der Waals surface area contributed by atoms with Gasteiger partial charge in [-0.1, -0.05) is 5.16 Å². The number of carbonyl (C=O) groups is 1. The Kier molecular flexibility index (Phi) is 4.35. The molecule has 0 aromatic carbocycles. The first-order chi connectivity index (χ1) is 9.90. The van der Waals surface area contributed by atoms with Gasteiger partial charge in [-0.25, -0.2) is 4.98 Å². The number of rotatable bonds is 5. The second-order valence-corrected chi connectivity index (χ2v) is 4.76. The zero-order valence-electron chi connectivity index (χ0n) is 12.0. The molecule has 0 spiro atoms. The third kappa shape index (κ3) is 3.26. The lowest BCUT2D eigenvalue weighted by atomic mass is 10.1. The number of nitrogens with zero attached hydrogens (tertiary/aromatic N) is 4. The van der Waals surface area contributed by atoms with E-state index >= 15 is 0 Å². The van der Waals surface area contributed by atoms with Crippen LogP contribution in [0.15, 0.2) is 16.9 Å². The smallest absolute Gasteiger partial charge is 0.319 e. The topological polar surface area (TPSA) is 64.2 Å². The first kappa shape index (κ1) is 15.1. The minimum Gasteiger partial charge on any atom is -0.361 e. The van der Waals surface area contributed by atoms with E-state index in [1.54, 1.807) is 20.9 Å². The van der Waals surface area contributed by atoms with Crippen molar-refractivity contribution < 1.29 is 18.1 Å². The molecule has 0 N–H and O–H groups in total. The Labute approximate surface area is 120 Å². The standard InChI is InChI=1S/C13H16F2N4O2/c1-8-10(9(2)21-17-8)6-12(20)18(3)7-11-16-4-5-19(11)13(14)15/h4-5,13H,6-7H2,1-3H3. The fourth-order valence-electron chi connectivity index (χ4n) is 1.98. The van der Waals surface area contributed by atoms with E-state index in [0.29, 0.717) is 11.5 Å². The summed E-state index contributed by atoms with van der Waals surface area (Å²) in [4.78, 5) is 17.4. The fourth-order valence-corrected chi connectivity index (χ4v) is 1.98.